The van der Waals surface area contributed by atoms with Crippen molar-refractivity contribution in [3.8, 4) is 11.5 Å². The molecule has 2 aliphatic rings. The number of nitrogens with zero attached hydrogens (tertiary/aromatic N) is 3. The number of nitro benzene ring substituents is 1. The molecule has 0 bridgehead atoms. The summed E-state index contributed by atoms with van der Waals surface area (Å²) in [6.07, 6.45) is -1.15. The van der Waals surface area contributed by atoms with Crippen LogP contribution in [0.15, 0.2) is 72.8 Å². The number of carbonyl (C=O) groups is 2. The molecule has 2 fully saturated rings. The van der Waals surface area contributed by atoms with E-state index in [1.54, 1.807) is 54.6 Å². The highest BCUT2D eigenvalue weighted by molar-refractivity contribution is 6.24. The van der Waals surface area contributed by atoms with Gasteiger partial charge in [0, 0.05) is 0 Å². The van der Waals surface area contributed by atoms with Gasteiger partial charge in [-0.3, -0.25) is 24.5 Å². The van der Waals surface area contributed by atoms with Crippen LogP contribution >= 0.6 is 0 Å². The summed E-state index contributed by atoms with van der Waals surface area (Å²) in [6, 6.07) is 19.1. The van der Waals surface area contributed by atoms with E-state index in [1.807, 2.05) is 6.07 Å². The van der Waals surface area contributed by atoms with Crippen LogP contribution < -0.4 is 19.4 Å². The van der Waals surface area contributed by atoms with Crippen LogP contribution in [-0.2, 0) is 14.4 Å². The van der Waals surface area contributed by atoms with Crippen molar-refractivity contribution in [1.29, 1.82) is 0 Å². The summed E-state index contributed by atoms with van der Waals surface area (Å²) in [6.45, 7) is 0. The molecule has 2 amide bonds. The molecule has 178 valence electrons. The van der Waals surface area contributed by atoms with Crippen LogP contribution in [0.4, 0.5) is 17.1 Å². The lowest BCUT2D eigenvalue weighted by atomic mass is 9.89. The number of methoxy groups -OCH3 is 2. The molecule has 3 aromatic rings. The smallest absolute Gasteiger partial charge is 0.278 e. The number of imide groups is 1. The summed E-state index contributed by atoms with van der Waals surface area (Å²) in [5.41, 5.74) is 0.839. The number of ether oxygens (including phenoxy) is 2. The second-order valence-electron chi connectivity index (χ2n) is 8.03. The van der Waals surface area contributed by atoms with Crippen LogP contribution in [0.1, 0.15) is 11.6 Å². The Labute approximate surface area is 200 Å². The third kappa shape index (κ3) is 3.55. The molecule has 0 aromatic heterocycles. The Morgan fingerprint density at radius 2 is 1.43 bits per heavy atom. The van der Waals surface area contributed by atoms with Crippen LogP contribution in [-0.4, -0.2) is 37.1 Å². The van der Waals surface area contributed by atoms with Gasteiger partial charge in [0.2, 0.25) is 5.91 Å². The molecular formula is C25H21N3O7. The maximum atomic E-state index is 13.7. The SMILES string of the molecule is COc1cc([C@H]2[C@H]3C(=O)N(c4ccccc4)C(=O)[C@@H]3ON2c2ccccc2)c([N+](=O)[O-])cc1OC. The zero-order valence-corrected chi connectivity index (χ0v) is 18.9. The fourth-order valence-corrected chi connectivity index (χ4v) is 4.64. The number of fused-ring (bicyclic) bond motifs is 1. The minimum atomic E-state index is -1.15. The van der Waals surface area contributed by atoms with Crippen molar-refractivity contribution in [2.24, 2.45) is 5.92 Å². The first-order valence-corrected chi connectivity index (χ1v) is 10.8. The largest absolute Gasteiger partial charge is 0.493 e. The van der Waals surface area contributed by atoms with Crippen LogP contribution in [0.25, 0.3) is 0 Å². The van der Waals surface area contributed by atoms with E-state index < -0.39 is 34.8 Å². The van der Waals surface area contributed by atoms with E-state index in [1.165, 1.54) is 31.4 Å². The molecule has 2 saturated heterocycles. The number of rotatable bonds is 6. The zero-order valence-electron chi connectivity index (χ0n) is 18.9. The van der Waals surface area contributed by atoms with Crippen LogP contribution in [0.2, 0.25) is 0 Å². The summed E-state index contributed by atoms with van der Waals surface area (Å²) in [7, 11) is 2.79. The predicted octanol–water partition coefficient (Wildman–Crippen LogP) is 3.66. The lowest BCUT2D eigenvalue weighted by Gasteiger charge is -2.28. The van der Waals surface area contributed by atoms with Crippen molar-refractivity contribution in [2.75, 3.05) is 24.2 Å². The Hall–Kier alpha value is -4.44. The van der Waals surface area contributed by atoms with E-state index in [4.69, 9.17) is 14.3 Å². The van der Waals surface area contributed by atoms with Crippen LogP contribution in [0, 0.1) is 16.0 Å². The molecule has 0 N–H and O–H groups in total. The van der Waals surface area contributed by atoms with Gasteiger partial charge < -0.3 is 9.47 Å². The Balaban J connectivity index is 1.69. The Morgan fingerprint density at radius 1 is 0.857 bits per heavy atom. The number of hydrogen-bond acceptors (Lipinski definition) is 8. The molecule has 0 unspecified atom stereocenters. The first-order chi connectivity index (χ1) is 17.0. The Bertz CT molecular complexity index is 1300. The fraction of sp³-hybridized carbons (Fsp3) is 0.200. The maximum absolute atomic E-state index is 13.7. The fourth-order valence-electron chi connectivity index (χ4n) is 4.64. The number of hydroxylamine groups is 1. The van der Waals surface area contributed by atoms with E-state index in [-0.39, 0.29) is 22.7 Å². The molecular weight excluding hydrogens is 454 g/mol. The van der Waals surface area contributed by atoms with Gasteiger partial charge in [-0.2, -0.15) is 0 Å². The summed E-state index contributed by atoms with van der Waals surface area (Å²) in [5.74, 6) is -1.64. The molecule has 0 radical (unpaired) electrons. The number of amides is 2. The molecule has 10 nitrogen and oxygen atoms in total. The topological polar surface area (TPSA) is 111 Å². The monoisotopic (exact) mass is 475 g/mol. The Kier molecular flexibility index (Phi) is 5.58. The highest BCUT2D eigenvalue weighted by atomic mass is 16.7. The molecule has 3 atom stereocenters. The average Bonchev–Trinajstić information content (AvgIpc) is 3.39. The maximum Gasteiger partial charge on any atom is 0.278 e. The van der Waals surface area contributed by atoms with Crippen molar-refractivity contribution in [1.82, 2.24) is 0 Å². The van der Waals surface area contributed by atoms with E-state index in [0.717, 1.165) is 4.90 Å². The average molecular weight is 475 g/mol. The molecule has 3 aromatic carbocycles. The molecule has 2 heterocycles. The second kappa shape index (κ2) is 8.73. The number of anilines is 2. The molecule has 0 spiro atoms. The van der Waals surface area contributed by atoms with Crippen LogP contribution in [0.5, 0.6) is 11.5 Å². The van der Waals surface area contributed by atoms with Crippen molar-refractivity contribution >= 4 is 28.9 Å². The summed E-state index contributed by atoms with van der Waals surface area (Å²) >= 11 is 0. The third-order valence-corrected chi connectivity index (χ3v) is 6.19. The lowest BCUT2D eigenvalue weighted by molar-refractivity contribution is -0.385. The van der Waals surface area contributed by atoms with E-state index >= 15 is 0 Å². The number of nitro groups is 1. The van der Waals surface area contributed by atoms with Gasteiger partial charge in [0.25, 0.3) is 11.6 Å². The van der Waals surface area contributed by atoms with Crippen LogP contribution in [0.3, 0.4) is 0 Å². The number of para-hydroxylation sites is 2. The van der Waals surface area contributed by atoms with Crippen molar-refractivity contribution in [2.45, 2.75) is 12.1 Å². The number of hydrogen-bond donors (Lipinski definition) is 0. The number of benzene rings is 3. The predicted molar refractivity (Wildman–Crippen MR) is 125 cm³/mol. The molecule has 0 aliphatic carbocycles. The van der Waals surface area contributed by atoms with Gasteiger partial charge in [0.05, 0.1) is 42.1 Å². The summed E-state index contributed by atoms with van der Waals surface area (Å²) in [5, 5.41) is 13.5. The normalized spacial score (nSPS) is 21.3. The van der Waals surface area contributed by atoms with Gasteiger partial charge in [-0.25, -0.2) is 9.96 Å². The molecule has 2 aliphatic heterocycles. The molecule has 0 saturated carbocycles. The summed E-state index contributed by atoms with van der Waals surface area (Å²) in [4.78, 5) is 45.8. The minimum Gasteiger partial charge on any atom is -0.493 e. The standard InChI is InChI=1S/C25H21N3O7/c1-33-19-13-17(18(28(31)32)14-20(19)34-2)22-21-23(35-27(22)16-11-7-4-8-12-16)25(30)26(24(21)29)15-9-5-3-6-10-15/h3-14,21-23H,1-2H3/t21-,22+,23-/m1/s1. The second-order valence-corrected chi connectivity index (χ2v) is 8.03. The van der Waals surface area contributed by atoms with Gasteiger partial charge in [-0.1, -0.05) is 36.4 Å². The van der Waals surface area contributed by atoms with Crippen molar-refractivity contribution < 1.29 is 28.8 Å². The zero-order chi connectivity index (χ0) is 24.7. The molecule has 10 heteroatoms. The highest BCUT2D eigenvalue weighted by Gasteiger charge is 2.61. The van der Waals surface area contributed by atoms with Gasteiger partial charge in [-0.05, 0) is 30.3 Å². The van der Waals surface area contributed by atoms with Crippen molar-refractivity contribution in [3.05, 3.63) is 88.5 Å². The Morgan fingerprint density at radius 3 is 2.00 bits per heavy atom. The first kappa shape index (κ1) is 22.4. The molecule has 35 heavy (non-hydrogen) atoms. The highest BCUT2D eigenvalue weighted by Crippen LogP contribution is 2.51. The van der Waals surface area contributed by atoms with E-state index in [2.05, 4.69) is 0 Å². The van der Waals surface area contributed by atoms with Gasteiger partial charge in [-0.15, -0.1) is 0 Å². The van der Waals surface area contributed by atoms with Gasteiger partial charge in [0.15, 0.2) is 17.6 Å². The third-order valence-electron chi connectivity index (χ3n) is 6.19. The van der Waals surface area contributed by atoms with E-state index in [0.29, 0.717) is 11.4 Å². The summed E-state index contributed by atoms with van der Waals surface area (Å²) < 4.78 is 10.6. The first-order valence-electron chi connectivity index (χ1n) is 10.8. The number of carbonyl (C=O) groups excluding carboxylic acids is 2. The quantitative estimate of drug-likeness (QED) is 0.302. The van der Waals surface area contributed by atoms with E-state index in [9.17, 15) is 19.7 Å². The van der Waals surface area contributed by atoms with Gasteiger partial charge >= 0.3 is 0 Å². The van der Waals surface area contributed by atoms with Gasteiger partial charge in [0.1, 0.15) is 12.0 Å². The molecule has 5 rings (SSSR count). The van der Waals surface area contributed by atoms with Crippen molar-refractivity contribution in [3.63, 3.8) is 0 Å². The minimum absolute atomic E-state index is 0.167. The lowest BCUT2D eigenvalue weighted by Crippen LogP contribution is -2.37.